The second-order valence-electron chi connectivity index (χ2n) is 5.38. The number of rotatable bonds is 2. The summed E-state index contributed by atoms with van der Waals surface area (Å²) in [7, 11) is 1.68. The van der Waals surface area contributed by atoms with Gasteiger partial charge in [0.1, 0.15) is 11.5 Å². The third-order valence-electron chi connectivity index (χ3n) is 4.11. The van der Waals surface area contributed by atoms with Crippen LogP contribution >= 0.6 is 0 Å². The Morgan fingerprint density at radius 2 is 1.82 bits per heavy atom. The van der Waals surface area contributed by atoms with Gasteiger partial charge in [0.25, 0.3) is 0 Å². The smallest absolute Gasteiger partial charge is 0.138 e. The van der Waals surface area contributed by atoms with Gasteiger partial charge in [-0.1, -0.05) is 36.4 Å². The first-order chi connectivity index (χ1) is 10.9. The molecule has 0 unspecified atom stereocenters. The minimum absolute atomic E-state index is 0.860. The summed E-state index contributed by atoms with van der Waals surface area (Å²) < 4.78 is 11.1. The highest BCUT2D eigenvalue weighted by Gasteiger charge is 2.17. The molecule has 2 nitrogen and oxygen atoms in total. The van der Waals surface area contributed by atoms with E-state index in [-0.39, 0.29) is 0 Å². The number of fused-ring (bicyclic) bond motifs is 3. The van der Waals surface area contributed by atoms with Crippen LogP contribution in [-0.4, -0.2) is 7.11 Å². The van der Waals surface area contributed by atoms with E-state index < -0.39 is 0 Å². The van der Waals surface area contributed by atoms with Crippen LogP contribution in [0.4, 0.5) is 0 Å². The summed E-state index contributed by atoms with van der Waals surface area (Å²) in [5.74, 6) is 1.82. The topological polar surface area (TPSA) is 18.5 Å². The highest BCUT2D eigenvalue weighted by atomic mass is 16.5. The zero-order valence-electron chi connectivity index (χ0n) is 12.4. The molecule has 2 heteroatoms. The molecule has 0 fully saturated rings. The summed E-state index contributed by atoms with van der Waals surface area (Å²) in [5, 5.41) is 2.50. The Hall–Kier alpha value is -2.74. The van der Waals surface area contributed by atoms with E-state index >= 15 is 0 Å². The SMILES string of the molecule is COc1ccc(-c2cc3ccccc3c3c2OC=CC3)cc1. The molecule has 0 bridgehead atoms. The Morgan fingerprint density at radius 1 is 1.00 bits per heavy atom. The Kier molecular flexibility index (Phi) is 3.08. The van der Waals surface area contributed by atoms with Crippen LogP contribution in [0.1, 0.15) is 5.56 Å². The molecule has 0 saturated carbocycles. The molecule has 0 aromatic heterocycles. The molecule has 1 heterocycles. The monoisotopic (exact) mass is 288 g/mol. The molecule has 1 aliphatic heterocycles. The Bertz CT molecular complexity index is 861. The average Bonchev–Trinajstić information content (AvgIpc) is 2.61. The van der Waals surface area contributed by atoms with Gasteiger partial charge in [-0.15, -0.1) is 0 Å². The Labute approximate surface area is 129 Å². The highest BCUT2D eigenvalue weighted by molar-refractivity contribution is 5.94. The van der Waals surface area contributed by atoms with E-state index in [0.29, 0.717) is 0 Å². The molecule has 0 amide bonds. The fraction of sp³-hybridized carbons (Fsp3) is 0.100. The maximum Gasteiger partial charge on any atom is 0.138 e. The second kappa shape index (κ2) is 5.23. The van der Waals surface area contributed by atoms with Crippen molar-refractivity contribution in [3.8, 4) is 22.6 Å². The number of ether oxygens (including phenoxy) is 2. The Morgan fingerprint density at radius 3 is 2.64 bits per heavy atom. The van der Waals surface area contributed by atoms with E-state index in [0.717, 1.165) is 29.0 Å². The molecule has 0 radical (unpaired) electrons. The number of methoxy groups -OCH3 is 1. The fourth-order valence-electron chi connectivity index (χ4n) is 3.01. The van der Waals surface area contributed by atoms with Crippen molar-refractivity contribution in [2.75, 3.05) is 7.11 Å². The summed E-state index contributed by atoms with van der Waals surface area (Å²) >= 11 is 0. The third kappa shape index (κ3) is 2.04. The zero-order chi connectivity index (χ0) is 14.9. The van der Waals surface area contributed by atoms with Gasteiger partial charge in [-0.3, -0.25) is 0 Å². The molecule has 22 heavy (non-hydrogen) atoms. The van der Waals surface area contributed by atoms with Gasteiger partial charge in [-0.05, 0) is 47.0 Å². The van der Waals surface area contributed by atoms with Gasteiger partial charge >= 0.3 is 0 Å². The van der Waals surface area contributed by atoms with Crippen LogP contribution in [0, 0.1) is 0 Å². The fourth-order valence-corrected chi connectivity index (χ4v) is 3.01. The van der Waals surface area contributed by atoms with Crippen LogP contribution in [0.15, 0.2) is 66.9 Å². The first-order valence-corrected chi connectivity index (χ1v) is 7.37. The lowest BCUT2D eigenvalue weighted by Crippen LogP contribution is -2.00. The van der Waals surface area contributed by atoms with Crippen molar-refractivity contribution < 1.29 is 9.47 Å². The van der Waals surface area contributed by atoms with Crippen LogP contribution < -0.4 is 9.47 Å². The van der Waals surface area contributed by atoms with Gasteiger partial charge in [0.15, 0.2) is 0 Å². The van der Waals surface area contributed by atoms with E-state index in [9.17, 15) is 0 Å². The van der Waals surface area contributed by atoms with Crippen molar-refractivity contribution >= 4 is 10.8 Å². The first kappa shape index (κ1) is 13.0. The number of benzene rings is 3. The summed E-state index contributed by atoms with van der Waals surface area (Å²) in [6, 6.07) is 18.8. The summed E-state index contributed by atoms with van der Waals surface area (Å²) in [6.45, 7) is 0. The standard InChI is InChI=1S/C20H16O2/c1-21-16-10-8-14(9-11-16)19-13-15-5-2-3-6-17(15)18-7-4-12-22-20(18)19/h2-6,8-13H,7H2,1H3. The van der Waals surface area contributed by atoms with Gasteiger partial charge in [-0.25, -0.2) is 0 Å². The number of hydrogen-bond acceptors (Lipinski definition) is 2. The van der Waals surface area contributed by atoms with E-state index in [1.54, 1.807) is 13.4 Å². The van der Waals surface area contributed by atoms with Gasteiger partial charge in [0.05, 0.1) is 13.4 Å². The molecule has 0 N–H and O–H groups in total. The molecular formula is C20H16O2. The van der Waals surface area contributed by atoms with Crippen LogP contribution in [-0.2, 0) is 6.42 Å². The van der Waals surface area contributed by atoms with Crippen LogP contribution in [0.2, 0.25) is 0 Å². The van der Waals surface area contributed by atoms with Crippen LogP contribution in [0.5, 0.6) is 11.5 Å². The lowest BCUT2D eigenvalue weighted by atomic mass is 9.93. The lowest BCUT2D eigenvalue weighted by molar-refractivity contribution is 0.415. The summed E-state index contributed by atoms with van der Waals surface area (Å²) in [5.41, 5.74) is 3.52. The second-order valence-corrected chi connectivity index (χ2v) is 5.38. The molecular weight excluding hydrogens is 272 g/mol. The third-order valence-corrected chi connectivity index (χ3v) is 4.11. The molecule has 0 spiro atoms. The van der Waals surface area contributed by atoms with Crippen LogP contribution in [0.3, 0.4) is 0 Å². The van der Waals surface area contributed by atoms with Crippen LogP contribution in [0.25, 0.3) is 21.9 Å². The van der Waals surface area contributed by atoms with Gasteiger partial charge < -0.3 is 9.47 Å². The van der Waals surface area contributed by atoms with Gasteiger partial charge in [0.2, 0.25) is 0 Å². The highest BCUT2D eigenvalue weighted by Crippen LogP contribution is 2.40. The average molecular weight is 288 g/mol. The molecule has 0 saturated heterocycles. The molecule has 0 aliphatic carbocycles. The van der Waals surface area contributed by atoms with Crippen molar-refractivity contribution in [3.05, 3.63) is 72.5 Å². The van der Waals surface area contributed by atoms with Crippen molar-refractivity contribution in [2.24, 2.45) is 0 Å². The van der Waals surface area contributed by atoms with E-state index in [1.165, 1.54) is 16.3 Å². The van der Waals surface area contributed by atoms with Gasteiger partial charge in [0, 0.05) is 11.1 Å². The quantitative estimate of drug-likeness (QED) is 0.663. The van der Waals surface area contributed by atoms with Gasteiger partial charge in [-0.2, -0.15) is 0 Å². The maximum atomic E-state index is 5.86. The maximum absolute atomic E-state index is 5.86. The molecule has 3 aromatic carbocycles. The van der Waals surface area contributed by atoms with E-state index in [4.69, 9.17) is 9.47 Å². The first-order valence-electron chi connectivity index (χ1n) is 7.37. The van der Waals surface area contributed by atoms with Crippen molar-refractivity contribution in [1.29, 1.82) is 0 Å². The summed E-state index contributed by atoms with van der Waals surface area (Å²) in [4.78, 5) is 0. The normalized spacial score (nSPS) is 12.8. The number of hydrogen-bond donors (Lipinski definition) is 0. The molecule has 3 aromatic rings. The Balaban J connectivity index is 1.97. The minimum atomic E-state index is 0.860. The van der Waals surface area contributed by atoms with Crippen molar-refractivity contribution in [2.45, 2.75) is 6.42 Å². The largest absolute Gasteiger partial charge is 0.497 e. The molecule has 0 atom stereocenters. The van der Waals surface area contributed by atoms with E-state index in [1.807, 2.05) is 12.1 Å². The molecule has 108 valence electrons. The predicted octanol–water partition coefficient (Wildman–Crippen LogP) is 4.96. The zero-order valence-corrected chi connectivity index (χ0v) is 12.4. The van der Waals surface area contributed by atoms with E-state index in [2.05, 4.69) is 48.5 Å². The minimum Gasteiger partial charge on any atom is -0.497 e. The molecule has 4 rings (SSSR count). The lowest BCUT2D eigenvalue weighted by Gasteiger charge is -2.19. The predicted molar refractivity (Wildman–Crippen MR) is 89.4 cm³/mol. The van der Waals surface area contributed by atoms with Crippen molar-refractivity contribution in [1.82, 2.24) is 0 Å². The molecule has 1 aliphatic rings. The summed E-state index contributed by atoms with van der Waals surface area (Å²) in [6.07, 6.45) is 4.75. The number of allylic oxidation sites excluding steroid dienone is 1. The van der Waals surface area contributed by atoms with Crippen molar-refractivity contribution in [3.63, 3.8) is 0 Å².